The zero-order chi connectivity index (χ0) is 20.4. The molecule has 0 unspecified atom stereocenters. The van der Waals surface area contributed by atoms with Crippen LogP contribution in [0.5, 0.6) is 0 Å². The molecule has 1 aliphatic carbocycles. The summed E-state index contributed by atoms with van der Waals surface area (Å²) in [4.78, 5) is 40.8. The van der Waals surface area contributed by atoms with Gasteiger partial charge in [0.05, 0.1) is 16.8 Å². The van der Waals surface area contributed by atoms with E-state index in [-0.39, 0.29) is 17.4 Å². The van der Waals surface area contributed by atoms with Gasteiger partial charge in [0.1, 0.15) is 5.82 Å². The fourth-order valence-corrected chi connectivity index (χ4v) is 2.85. The van der Waals surface area contributed by atoms with Gasteiger partial charge in [-0.2, -0.15) is 0 Å². The molecule has 1 aromatic heterocycles. The van der Waals surface area contributed by atoms with E-state index in [2.05, 4.69) is 21.2 Å². The lowest BCUT2D eigenvalue weighted by Crippen LogP contribution is -2.49. The van der Waals surface area contributed by atoms with Crippen LogP contribution in [0.4, 0.5) is 4.39 Å². The van der Waals surface area contributed by atoms with Gasteiger partial charge in [-0.05, 0) is 49.2 Å². The fourth-order valence-electron chi connectivity index (χ4n) is 2.85. The predicted molar refractivity (Wildman–Crippen MR) is 104 cm³/mol. The highest BCUT2D eigenvalue weighted by Crippen LogP contribution is 2.25. The molecule has 146 valence electrons. The maximum Gasteiger partial charge on any atom is 0.327 e. The van der Waals surface area contributed by atoms with Crippen LogP contribution in [0, 0.1) is 5.82 Å². The number of halogens is 1. The number of rotatable bonds is 3. The van der Waals surface area contributed by atoms with E-state index < -0.39 is 17.7 Å². The lowest BCUT2D eigenvalue weighted by atomic mass is 10.0. The predicted octanol–water partition coefficient (Wildman–Crippen LogP) is 2.08. The Morgan fingerprint density at radius 3 is 2.38 bits per heavy atom. The van der Waals surface area contributed by atoms with E-state index in [0.717, 1.165) is 12.8 Å². The Morgan fingerprint density at radius 1 is 0.931 bits per heavy atom. The number of nitrogens with zero attached hydrogens (tertiary/aromatic N) is 1. The smallest absolute Gasteiger partial charge is 0.327 e. The number of hydrogen-bond acceptors (Lipinski definition) is 4. The highest BCUT2D eigenvalue weighted by Gasteiger charge is 2.26. The number of carbonyl (C=O) groups excluding carboxylic acids is 3. The van der Waals surface area contributed by atoms with Crippen molar-refractivity contribution in [1.82, 2.24) is 21.2 Å². The zero-order valence-corrected chi connectivity index (χ0v) is 15.2. The van der Waals surface area contributed by atoms with Crippen molar-refractivity contribution in [2.45, 2.75) is 18.9 Å². The molecule has 3 amide bonds. The van der Waals surface area contributed by atoms with Crippen molar-refractivity contribution in [3.05, 3.63) is 66.0 Å². The van der Waals surface area contributed by atoms with Gasteiger partial charge in [-0.15, -0.1) is 0 Å². The topological polar surface area (TPSA) is 100 Å². The van der Waals surface area contributed by atoms with Crippen LogP contribution in [0.25, 0.3) is 22.2 Å². The van der Waals surface area contributed by atoms with Crippen molar-refractivity contribution in [1.29, 1.82) is 0 Å². The van der Waals surface area contributed by atoms with Crippen LogP contribution in [0.3, 0.4) is 0 Å². The van der Waals surface area contributed by atoms with E-state index in [1.807, 2.05) is 0 Å². The van der Waals surface area contributed by atoms with E-state index in [1.54, 1.807) is 42.5 Å². The first-order valence-corrected chi connectivity index (χ1v) is 9.08. The molecular formula is C21H17FN4O3. The first-order valence-electron chi connectivity index (χ1n) is 9.08. The van der Waals surface area contributed by atoms with Crippen molar-refractivity contribution in [2.75, 3.05) is 0 Å². The van der Waals surface area contributed by atoms with E-state index >= 15 is 0 Å². The summed E-state index contributed by atoms with van der Waals surface area (Å²) in [7, 11) is 0. The highest BCUT2D eigenvalue weighted by atomic mass is 19.1. The zero-order valence-electron chi connectivity index (χ0n) is 15.2. The van der Waals surface area contributed by atoms with Gasteiger partial charge in [0.15, 0.2) is 0 Å². The Kier molecular flexibility index (Phi) is 4.90. The first kappa shape index (κ1) is 18.5. The average molecular weight is 392 g/mol. The molecular weight excluding hydrogens is 375 g/mol. The summed E-state index contributed by atoms with van der Waals surface area (Å²) in [6.45, 7) is 0. The maximum atomic E-state index is 13.2. The monoisotopic (exact) mass is 392 g/mol. The molecule has 2 aromatic carbocycles. The normalized spacial score (nSPS) is 13.0. The molecule has 4 rings (SSSR count). The van der Waals surface area contributed by atoms with E-state index in [9.17, 15) is 18.8 Å². The van der Waals surface area contributed by atoms with Crippen LogP contribution in [0.15, 0.2) is 54.6 Å². The van der Waals surface area contributed by atoms with Crippen molar-refractivity contribution in [3.63, 3.8) is 0 Å². The molecule has 1 heterocycles. The van der Waals surface area contributed by atoms with Gasteiger partial charge >= 0.3 is 11.8 Å². The molecule has 0 bridgehead atoms. The van der Waals surface area contributed by atoms with Gasteiger partial charge < -0.3 is 5.32 Å². The number of pyridine rings is 1. The van der Waals surface area contributed by atoms with Crippen LogP contribution >= 0.6 is 0 Å². The summed E-state index contributed by atoms with van der Waals surface area (Å²) in [6.07, 6.45) is 1.70. The minimum Gasteiger partial charge on any atom is -0.345 e. The Balaban J connectivity index is 1.59. The van der Waals surface area contributed by atoms with Crippen molar-refractivity contribution >= 4 is 28.6 Å². The minimum atomic E-state index is -0.942. The standard InChI is InChI=1S/C21H17FN4O3/c22-13-7-5-12(6-8-13)18-11-16(15-3-1-2-4-17(15)24-18)19(27)25-26-21(29)20(28)23-14-9-10-14/h1-8,11,14H,9-10H2,(H,23,28)(H,25,27)(H,26,29). The van der Waals surface area contributed by atoms with Gasteiger partial charge in [-0.1, -0.05) is 18.2 Å². The Bertz CT molecular complexity index is 1110. The minimum absolute atomic E-state index is 0.0337. The summed E-state index contributed by atoms with van der Waals surface area (Å²) < 4.78 is 13.2. The molecule has 0 spiro atoms. The van der Waals surface area contributed by atoms with Gasteiger partial charge in [-0.25, -0.2) is 9.37 Å². The molecule has 0 saturated heterocycles. The fraction of sp³-hybridized carbons (Fsp3) is 0.143. The molecule has 8 heteroatoms. The molecule has 1 fully saturated rings. The van der Waals surface area contributed by atoms with E-state index in [4.69, 9.17) is 0 Å². The molecule has 0 atom stereocenters. The second-order valence-electron chi connectivity index (χ2n) is 6.74. The molecule has 0 radical (unpaired) electrons. The lowest BCUT2D eigenvalue weighted by Gasteiger charge is -2.11. The number of para-hydroxylation sites is 1. The molecule has 1 aliphatic rings. The number of carbonyl (C=O) groups is 3. The number of fused-ring (bicyclic) bond motifs is 1. The van der Waals surface area contributed by atoms with E-state index in [1.165, 1.54) is 12.1 Å². The highest BCUT2D eigenvalue weighted by molar-refractivity contribution is 6.35. The molecule has 3 aromatic rings. The second kappa shape index (κ2) is 7.67. The van der Waals surface area contributed by atoms with Crippen LogP contribution in [-0.4, -0.2) is 28.7 Å². The summed E-state index contributed by atoms with van der Waals surface area (Å²) in [5.74, 6) is -2.71. The molecule has 0 aliphatic heterocycles. The van der Waals surface area contributed by atoms with Crippen molar-refractivity contribution in [3.8, 4) is 11.3 Å². The van der Waals surface area contributed by atoms with Crippen molar-refractivity contribution < 1.29 is 18.8 Å². The SMILES string of the molecule is O=C(NNC(=O)c1cc(-c2ccc(F)cc2)nc2ccccc12)C(=O)NC1CC1. The average Bonchev–Trinajstić information content (AvgIpc) is 3.55. The summed E-state index contributed by atoms with van der Waals surface area (Å²) in [5.41, 5.74) is 6.34. The Labute approximate surface area is 165 Å². The van der Waals surface area contributed by atoms with Crippen LogP contribution in [0.2, 0.25) is 0 Å². The van der Waals surface area contributed by atoms with Gasteiger partial charge in [0.2, 0.25) is 0 Å². The quantitative estimate of drug-likeness (QED) is 0.469. The third-order valence-corrected chi connectivity index (χ3v) is 4.51. The largest absolute Gasteiger partial charge is 0.345 e. The number of benzene rings is 2. The summed E-state index contributed by atoms with van der Waals surface area (Å²) in [6, 6.07) is 14.4. The van der Waals surface area contributed by atoms with E-state index in [0.29, 0.717) is 22.2 Å². The summed E-state index contributed by atoms with van der Waals surface area (Å²) >= 11 is 0. The Morgan fingerprint density at radius 2 is 1.66 bits per heavy atom. The van der Waals surface area contributed by atoms with Gasteiger partial charge in [-0.3, -0.25) is 25.2 Å². The van der Waals surface area contributed by atoms with Gasteiger partial charge in [0, 0.05) is 17.0 Å². The van der Waals surface area contributed by atoms with Gasteiger partial charge in [0.25, 0.3) is 5.91 Å². The number of aromatic nitrogens is 1. The Hall–Kier alpha value is -3.81. The third-order valence-electron chi connectivity index (χ3n) is 4.51. The van der Waals surface area contributed by atoms with Crippen molar-refractivity contribution in [2.24, 2.45) is 0 Å². The number of hydrogen-bond donors (Lipinski definition) is 3. The second-order valence-corrected chi connectivity index (χ2v) is 6.74. The van der Waals surface area contributed by atoms with Crippen LogP contribution in [-0.2, 0) is 9.59 Å². The number of hydrazine groups is 1. The van der Waals surface area contributed by atoms with Crippen LogP contribution < -0.4 is 16.2 Å². The van der Waals surface area contributed by atoms with Crippen LogP contribution in [0.1, 0.15) is 23.2 Å². The number of nitrogens with one attached hydrogen (secondary N) is 3. The maximum absolute atomic E-state index is 13.2. The summed E-state index contributed by atoms with van der Waals surface area (Å²) in [5, 5.41) is 3.12. The molecule has 7 nitrogen and oxygen atoms in total. The number of amides is 3. The molecule has 3 N–H and O–H groups in total. The molecule has 1 saturated carbocycles. The first-order chi connectivity index (χ1) is 14.0. The third kappa shape index (κ3) is 4.21. The molecule has 29 heavy (non-hydrogen) atoms. The lowest BCUT2D eigenvalue weighted by molar-refractivity contribution is -0.139.